The molecule has 2 aromatic carbocycles. The molecule has 2 aromatic rings. The summed E-state index contributed by atoms with van der Waals surface area (Å²) in [5.41, 5.74) is 2.63. The van der Waals surface area contributed by atoms with Gasteiger partial charge in [-0.15, -0.1) is 0 Å². The third-order valence-electron chi connectivity index (χ3n) is 5.16. The molecule has 4 heterocycles. The van der Waals surface area contributed by atoms with Gasteiger partial charge in [-0.3, -0.25) is 9.69 Å². The highest BCUT2D eigenvalue weighted by Gasteiger charge is 2.62. The molecule has 4 heteroatoms. The average Bonchev–Trinajstić information content (AvgIpc) is 2.86. The van der Waals surface area contributed by atoms with Gasteiger partial charge in [0, 0.05) is 17.5 Å². The highest BCUT2D eigenvalue weighted by molar-refractivity contribution is 5.99. The Balaban J connectivity index is 1.52. The van der Waals surface area contributed by atoms with Crippen LogP contribution in [0.4, 0.5) is 0 Å². The molecule has 0 N–H and O–H groups in total. The van der Waals surface area contributed by atoms with Crippen LogP contribution in [0.25, 0.3) is 0 Å². The van der Waals surface area contributed by atoms with E-state index in [-0.39, 0.29) is 11.3 Å². The van der Waals surface area contributed by atoms with Crippen LogP contribution in [-0.4, -0.2) is 30.6 Å². The monoisotopic (exact) mass is 307 g/mol. The van der Waals surface area contributed by atoms with Gasteiger partial charge in [-0.05, 0) is 18.1 Å². The van der Waals surface area contributed by atoms with Gasteiger partial charge in [0.2, 0.25) is 0 Å². The maximum Gasteiger partial charge on any atom is 0.283 e. The molecule has 3 saturated heterocycles. The van der Waals surface area contributed by atoms with E-state index in [2.05, 4.69) is 12.1 Å². The van der Waals surface area contributed by atoms with Crippen LogP contribution in [0.3, 0.4) is 0 Å². The molecule has 0 radical (unpaired) electrons. The zero-order chi connectivity index (χ0) is 15.5. The number of rotatable bonds is 2. The molecule has 0 unspecified atom stereocenters. The second-order valence-electron chi connectivity index (χ2n) is 6.76. The number of hydrogen-bond donors (Lipinski definition) is 0. The fourth-order valence-electron chi connectivity index (χ4n) is 4.06. The first-order valence-electron chi connectivity index (χ1n) is 7.96. The van der Waals surface area contributed by atoms with Crippen LogP contribution in [-0.2, 0) is 21.8 Å². The number of ether oxygens (including phenoxy) is 2. The van der Waals surface area contributed by atoms with Crippen molar-refractivity contribution >= 4 is 5.91 Å². The van der Waals surface area contributed by atoms with Gasteiger partial charge in [0.15, 0.2) is 0 Å². The summed E-state index contributed by atoms with van der Waals surface area (Å²) < 4.78 is 12.3. The Morgan fingerprint density at radius 2 is 1.65 bits per heavy atom. The van der Waals surface area contributed by atoms with Crippen molar-refractivity contribution in [1.29, 1.82) is 0 Å². The lowest BCUT2D eigenvalue weighted by Crippen LogP contribution is -2.66. The van der Waals surface area contributed by atoms with E-state index in [1.807, 2.05) is 42.5 Å². The van der Waals surface area contributed by atoms with E-state index < -0.39 is 5.91 Å². The molecule has 3 fully saturated rings. The number of nitrogens with zero attached hydrogens (tertiary/aromatic N) is 1. The van der Waals surface area contributed by atoms with Crippen LogP contribution < -0.4 is 0 Å². The van der Waals surface area contributed by atoms with E-state index >= 15 is 0 Å². The summed E-state index contributed by atoms with van der Waals surface area (Å²) >= 11 is 0. The predicted octanol–water partition coefficient (Wildman–Crippen LogP) is 2.54. The Hall–Kier alpha value is -2.17. The van der Waals surface area contributed by atoms with E-state index in [0.717, 1.165) is 12.0 Å². The number of carbonyl (C=O) groups excluding carboxylic acids is 1. The third kappa shape index (κ3) is 1.70. The summed E-state index contributed by atoms with van der Waals surface area (Å²) in [5, 5.41) is 0. The van der Waals surface area contributed by atoms with Crippen molar-refractivity contribution in [3.63, 3.8) is 0 Å². The molecule has 1 spiro atoms. The van der Waals surface area contributed by atoms with E-state index in [9.17, 15) is 4.79 Å². The Kier molecular flexibility index (Phi) is 2.56. The summed E-state index contributed by atoms with van der Waals surface area (Å²) in [7, 11) is 0. The zero-order valence-electron chi connectivity index (χ0n) is 12.7. The van der Waals surface area contributed by atoms with Crippen molar-refractivity contribution in [2.75, 3.05) is 19.8 Å². The fraction of sp³-hybridized carbons (Fsp3) is 0.316. The van der Waals surface area contributed by atoms with Crippen molar-refractivity contribution in [3.05, 3.63) is 71.3 Å². The molecule has 2 bridgehead atoms. The number of hydrogen-bond acceptors (Lipinski definition) is 3. The summed E-state index contributed by atoms with van der Waals surface area (Å²) in [6.07, 6.45) is 0.851. The number of benzene rings is 2. The van der Waals surface area contributed by atoms with Crippen molar-refractivity contribution < 1.29 is 14.3 Å². The van der Waals surface area contributed by atoms with E-state index in [1.54, 1.807) is 4.90 Å². The van der Waals surface area contributed by atoms with Gasteiger partial charge < -0.3 is 9.47 Å². The largest absolute Gasteiger partial charge is 0.328 e. The number of fused-ring (bicyclic) bond motifs is 3. The SMILES string of the molecule is O=C1c2ccccc2C23OCC(Cc4ccccc4)(CO2)CN13. The molecular weight excluding hydrogens is 290 g/mol. The normalized spacial score (nSPS) is 31.1. The second-order valence-corrected chi connectivity index (χ2v) is 6.76. The minimum atomic E-state index is -0.994. The van der Waals surface area contributed by atoms with Crippen molar-refractivity contribution in [2.24, 2.45) is 5.41 Å². The third-order valence-corrected chi connectivity index (χ3v) is 5.16. The van der Waals surface area contributed by atoms with Gasteiger partial charge >= 0.3 is 0 Å². The van der Waals surface area contributed by atoms with Crippen LogP contribution in [0.1, 0.15) is 21.5 Å². The Bertz CT molecular complexity index is 778. The molecule has 4 aliphatic rings. The van der Waals surface area contributed by atoms with Crippen LogP contribution in [0, 0.1) is 5.41 Å². The Labute approximate surface area is 134 Å². The first-order chi connectivity index (χ1) is 11.2. The van der Waals surface area contributed by atoms with E-state index in [1.165, 1.54) is 5.56 Å². The first-order valence-corrected chi connectivity index (χ1v) is 7.96. The minimum Gasteiger partial charge on any atom is -0.328 e. The lowest BCUT2D eigenvalue weighted by molar-refractivity contribution is -0.401. The number of carbonyl (C=O) groups is 1. The quantitative estimate of drug-likeness (QED) is 0.856. The fourth-order valence-corrected chi connectivity index (χ4v) is 4.06. The van der Waals surface area contributed by atoms with Crippen molar-refractivity contribution in [3.8, 4) is 0 Å². The summed E-state index contributed by atoms with van der Waals surface area (Å²) in [5.74, 6) is -0.982. The van der Waals surface area contributed by atoms with E-state index in [0.29, 0.717) is 25.3 Å². The highest BCUT2D eigenvalue weighted by atomic mass is 16.7. The smallest absolute Gasteiger partial charge is 0.283 e. The topological polar surface area (TPSA) is 38.8 Å². The molecule has 0 aliphatic carbocycles. The number of amides is 1. The minimum absolute atomic E-state index is 0.0115. The Morgan fingerprint density at radius 1 is 0.957 bits per heavy atom. The molecule has 6 rings (SSSR count). The molecule has 23 heavy (non-hydrogen) atoms. The van der Waals surface area contributed by atoms with Gasteiger partial charge in [-0.25, -0.2) is 0 Å². The average molecular weight is 307 g/mol. The van der Waals surface area contributed by atoms with Gasteiger partial charge in [-0.2, -0.15) is 0 Å². The summed E-state index contributed by atoms with van der Waals surface area (Å²) in [4.78, 5) is 14.5. The van der Waals surface area contributed by atoms with Gasteiger partial charge in [0.05, 0.1) is 18.8 Å². The molecule has 4 aliphatic heterocycles. The van der Waals surface area contributed by atoms with Crippen molar-refractivity contribution in [1.82, 2.24) is 4.90 Å². The van der Waals surface area contributed by atoms with E-state index in [4.69, 9.17) is 9.47 Å². The molecule has 1 amide bonds. The van der Waals surface area contributed by atoms with Gasteiger partial charge in [0.25, 0.3) is 11.8 Å². The molecule has 0 atom stereocenters. The summed E-state index contributed by atoms with van der Waals surface area (Å²) in [6.45, 7) is 1.90. The maximum atomic E-state index is 12.8. The molecular formula is C19H17NO3. The molecule has 116 valence electrons. The Morgan fingerprint density at radius 3 is 2.43 bits per heavy atom. The van der Waals surface area contributed by atoms with Crippen LogP contribution >= 0.6 is 0 Å². The predicted molar refractivity (Wildman–Crippen MR) is 83.6 cm³/mol. The van der Waals surface area contributed by atoms with Crippen LogP contribution in [0.15, 0.2) is 54.6 Å². The second kappa shape index (κ2) is 4.43. The van der Waals surface area contributed by atoms with Gasteiger partial charge in [-0.1, -0.05) is 48.5 Å². The molecule has 0 saturated carbocycles. The maximum absolute atomic E-state index is 12.8. The highest BCUT2D eigenvalue weighted by Crippen LogP contribution is 2.52. The molecule has 4 nitrogen and oxygen atoms in total. The van der Waals surface area contributed by atoms with Crippen LogP contribution in [0.2, 0.25) is 0 Å². The summed E-state index contributed by atoms with van der Waals surface area (Å²) in [6, 6.07) is 17.9. The lowest BCUT2D eigenvalue weighted by atomic mass is 9.79. The van der Waals surface area contributed by atoms with Crippen LogP contribution in [0.5, 0.6) is 0 Å². The first kappa shape index (κ1) is 13.3. The standard InChI is InChI=1S/C19H17NO3/c21-17-15-8-4-5-9-16(15)19-20(17)11-18(12-22-19,13-23-19)10-14-6-2-1-3-7-14/h1-9H,10-13H2. The van der Waals surface area contributed by atoms with Gasteiger partial charge in [0.1, 0.15) is 0 Å². The zero-order valence-corrected chi connectivity index (χ0v) is 12.7. The molecule has 0 aromatic heterocycles. The van der Waals surface area contributed by atoms with Crippen molar-refractivity contribution in [2.45, 2.75) is 12.3 Å². The lowest BCUT2D eigenvalue weighted by Gasteiger charge is -2.55.